The molecule has 206 valence electrons. The van der Waals surface area contributed by atoms with Crippen molar-refractivity contribution in [2.45, 2.75) is 96.8 Å². The van der Waals surface area contributed by atoms with Crippen LogP contribution < -0.4 is 0 Å². The third-order valence-corrected chi connectivity index (χ3v) is 8.42. The van der Waals surface area contributed by atoms with Crippen LogP contribution >= 0.6 is 11.8 Å². The molecule has 0 aliphatic heterocycles. The summed E-state index contributed by atoms with van der Waals surface area (Å²) in [5.41, 5.74) is 8.41. The number of hydrogen-bond donors (Lipinski definition) is 2. The highest BCUT2D eigenvalue weighted by Crippen LogP contribution is 2.38. The van der Waals surface area contributed by atoms with E-state index in [1.807, 2.05) is 13.8 Å². The molecule has 4 heteroatoms. The maximum atomic E-state index is 9.79. The number of allylic oxidation sites excluding steroid dienone is 4. The lowest BCUT2D eigenvalue weighted by molar-refractivity contribution is 0.587. The molecule has 0 atom stereocenters. The largest absolute Gasteiger partial charge is 0.298 e. The summed E-state index contributed by atoms with van der Waals surface area (Å²) in [6.07, 6.45) is 12.7. The Hall–Kier alpha value is -2.90. The van der Waals surface area contributed by atoms with Gasteiger partial charge in [-0.05, 0) is 76.0 Å². The zero-order valence-electron chi connectivity index (χ0n) is 24.9. The van der Waals surface area contributed by atoms with E-state index < -0.39 is 0 Å². The SMILES string of the molecule is CCCCCCCCc1cc(C(C)(C)C)ccc1-c1ccc(C2=CC(C#N)=C(C(C)C)C(=N)C2=N)cc1SC. The fraction of sp³-hybridized carbons (Fsp3) is 0.457. The van der Waals surface area contributed by atoms with Crippen LogP contribution in [-0.2, 0) is 11.8 Å². The molecule has 0 amide bonds. The molecule has 0 unspecified atom stereocenters. The Kier molecular flexibility index (Phi) is 10.6. The number of unbranched alkanes of at least 4 members (excludes halogenated alkanes) is 5. The molecule has 0 saturated carbocycles. The molecule has 2 N–H and O–H groups in total. The second kappa shape index (κ2) is 13.4. The van der Waals surface area contributed by atoms with E-state index in [1.54, 1.807) is 17.8 Å². The van der Waals surface area contributed by atoms with Gasteiger partial charge in [-0.15, -0.1) is 11.8 Å². The van der Waals surface area contributed by atoms with Crippen LogP contribution in [0.25, 0.3) is 16.7 Å². The van der Waals surface area contributed by atoms with Gasteiger partial charge in [0.2, 0.25) is 0 Å². The first-order valence-corrected chi connectivity index (χ1v) is 15.6. The van der Waals surface area contributed by atoms with E-state index in [2.05, 4.69) is 76.4 Å². The predicted molar refractivity (Wildman–Crippen MR) is 170 cm³/mol. The van der Waals surface area contributed by atoms with Gasteiger partial charge < -0.3 is 0 Å². The molecule has 0 saturated heterocycles. The van der Waals surface area contributed by atoms with Gasteiger partial charge in [0.15, 0.2) is 0 Å². The van der Waals surface area contributed by atoms with Gasteiger partial charge in [0, 0.05) is 10.5 Å². The van der Waals surface area contributed by atoms with E-state index in [0.29, 0.717) is 16.7 Å². The molecule has 2 aromatic rings. The summed E-state index contributed by atoms with van der Waals surface area (Å²) in [7, 11) is 0. The van der Waals surface area contributed by atoms with Crippen molar-refractivity contribution in [2.75, 3.05) is 6.26 Å². The summed E-state index contributed by atoms with van der Waals surface area (Å²) in [6.45, 7) is 13.0. The van der Waals surface area contributed by atoms with E-state index in [9.17, 15) is 5.26 Å². The third kappa shape index (κ3) is 7.20. The second-order valence-corrected chi connectivity index (χ2v) is 12.8. The maximum Gasteiger partial charge on any atom is 0.0995 e. The van der Waals surface area contributed by atoms with E-state index in [4.69, 9.17) is 10.8 Å². The Morgan fingerprint density at radius 3 is 2.18 bits per heavy atom. The normalized spacial score (nSPS) is 14.2. The maximum absolute atomic E-state index is 9.79. The van der Waals surface area contributed by atoms with Crippen LogP contribution in [0.2, 0.25) is 0 Å². The fourth-order valence-electron chi connectivity index (χ4n) is 5.32. The lowest BCUT2D eigenvalue weighted by Gasteiger charge is -2.24. The molecule has 3 rings (SSSR count). The lowest BCUT2D eigenvalue weighted by Crippen LogP contribution is -2.24. The van der Waals surface area contributed by atoms with Crippen molar-refractivity contribution >= 4 is 28.8 Å². The van der Waals surface area contributed by atoms with Crippen molar-refractivity contribution in [1.82, 2.24) is 0 Å². The highest BCUT2D eigenvalue weighted by molar-refractivity contribution is 7.98. The predicted octanol–water partition coefficient (Wildman–Crippen LogP) is 10.2. The van der Waals surface area contributed by atoms with Gasteiger partial charge >= 0.3 is 0 Å². The topological polar surface area (TPSA) is 71.5 Å². The molecule has 0 aromatic heterocycles. The lowest BCUT2D eigenvalue weighted by atomic mass is 9.81. The average molecular weight is 540 g/mol. The van der Waals surface area contributed by atoms with Crippen molar-refractivity contribution in [1.29, 1.82) is 16.1 Å². The molecule has 3 nitrogen and oxygen atoms in total. The first kappa shape index (κ1) is 30.6. The van der Waals surface area contributed by atoms with Gasteiger partial charge in [0.25, 0.3) is 0 Å². The number of nitriles is 1. The standard InChI is InChI=1S/C35H45N3S/c1-8-9-10-11-12-13-14-24-19-27(35(4,5)6)16-18-28(24)29-17-15-25(21-31(29)39-7)30-20-26(22-36)32(23(2)3)34(38)33(30)37/h15-21,23,37-38H,8-14H2,1-7H3. The Labute approximate surface area is 240 Å². The van der Waals surface area contributed by atoms with Gasteiger partial charge in [-0.3, -0.25) is 10.8 Å². The molecule has 0 spiro atoms. The number of rotatable bonds is 11. The minimum Gasteiger partial charge on any atom is -0.298 e. The molecule has 39 heavy (non-hydrogen) atoms. The Balaban J connectivity index is 2.03. The van der Waals surface area contributed by atoms with Gasteiger partial charge in [-0.2, -0.15) is 5.26 Å². The van der Waals surface area contributed by atoms with Crippen LogP contribution in [0.1, 0.15) is 96.8 Å². The first-order valence-electron chi connectivity index (χ1n) is 14.4. The van der Waals surface area contributed by atoms with Crippen LogP contribution in [0.4, 0.5) is 0 Å². The summed E-state index contributed by atoms with van der Waals surface area (Å²) < 4.78 is 0. The number of aryl methyl sites for hydroxylation is 1. The van der Waals surface area contributed by atoms with Crippen LogP contribution in [0, 0.1) is 28.1 Å². The van der Waals surface area contributed by atoms with Crippen molar-refractivity contribution in [3.05, 3.63) is 70.3 Å². The highest BCUT2D eigenvalue weighted by Gasteiger charge is 2.27. The smallest absolute Gasteiger partial charge is 0.0995 e. The molecule has 2 aromatic carbocycles. The van der Waals surface area contributed by atoms with Crippen LogP contribution in [0.3, 0.4) is 0 Å². The molecule has 0 heterocycles. The minimum atomic E-state index is 0.0237. The quantitative estimate of drug-likeness (QED) is 0.169. The molecular weight excluding hydrogens is 494 g/mol. The van der Waals surface area contributed by atoms with Gasteiger partial charge in [0.1, 0.15) is 0 Å². The molecule has 1 aliphatic rings. The zero-order chi connectivity index (χ0) is 28.7. The number of thioether (sulfide) groups is 1. The summed E-state index contributed by atoms with van der Waals surface area (Å²) in [4.78, 5) is 1.15. The molecule has 0 bridgehead atoms. The van der Waals surface area contributed by atoms with E-state index in [0.717, 1.165) is 16.9 Å². The first-order chi connectivity index (χ1) is 18.5. The van der Waals surface area contributed by atoms with Crippen LogP contribution in [0.15, 0.2) is 58.5 Å². The van der Waals surface area contributed by atoms with Gasteiger partial charge in [-0.25, -0.2) is 0 Å². The summed E-state index contributed by atoms with van der Waals surface area (Å²) in [5, 5.41) is 27.1. The van der Waals surface area contributed by atoms with Crippen LogP contribution in [0.5, 0.6) is 0 Å². The highest BCUT2D eigenvalue weighted by atomic mass is 32.2. The van der Waals surface area contributed by atoms with Gasteiger partial charge in [-0.1, -0.05) is 104 Å². The zero-order valence-corrected chi connectivity index (χ0v) is 25.7. The third-order valence-electron chi connectivity index (χ3n) is 7.64. The number of benzene rings is 2. The van der Waals surface area contributed by atoms with E-state index >= 15 is 0 Å². The molecular formula is C35H45N3S. The van der Waals surface area contributed by atoms with Gasteiger partial charge in [0.05, 0.1) is 23.1 Å². The van der Waals surface area contributed by atoms with E-state index in [1.165, 1.54) is 60.8 Å². The number of hydrogen-bond acceptors (Lipinski definition) is 4. The average Bonchev–Trinajstić information content (AvgIpc) is 2.90. The number of nitrogens with zero attached hydrogens (tertiary/aromatic N) is 1. The van der Waals surface area contributed by atoms with E-state index in [-0.39, 0.29) is 22.8 Å². The summed E-state index contributed by atoms with van der Waals surface area (Å²) in [5.74, 6) is 0.0237. The Bertz CT molecular complexity index is 1330. The summed E-state index contributed by atoms with van der Waals surface area (Å²) >= 11 is 1.71. The number of nitrogens with one attached hydrogen (secondary N) is 2. The molecule has 1 aliphatic carbocycles. The van der Waals surface area contributed by atoms with Crippen molar-refractivity contribution in [3.63, 3.8) is 0 Å². The monoisotopic (exact) mass is 539 g/mol. The van der Waals surface area contributed by atoms with Crippen LogP contribution in [-0.4, -0.2) is 17.7 Å². The van der Waals surface area contributed by atoms with Crippen molar-refractivity contribution in [3.8, 4) is 17.2 Å². The molecule has 0 fully saturated rings. The summed E-state index contributed by atoms with van der Waals surface area (Å²) in [6, 6.07) is 15.6. The minimum absolute atomic E-state index is 0.0237. The Morgan fingerprint density at radius 2 is 1.56 bits per heavy atom. The fourth-order valence-corrected chi connectivity index (χ4v) is 5.97. The Morgan fingerprint density at radius 1 is 0.897 bits per heavy atom. The second-order valence-electron chi connectivity index (χ2n) is 12.0. The van der Waals surface area contributed by atoms with Crippen molar-refractivity contribution in [2.24, 2.45) is 5.92 Å². The molecule has 0 radical (unpaired) electrons. The van der Waals surface area contributed by atoms with Crippen molar-refractivity contribution < 1.29 is 0 Å².